The van der Waals surface area contributed by atoms with Gasteiger partial charge in [-0.3, -0.25) is 4.39 Å². The number of hydrogen-bond acceptors (Lipinski definition) is 4. The van der Waals surface area contributed by atoms with Crippen molar-refractivity contribution in [3.05, 3.63) is 66.2 Å². The predicted octanol–water partition coefficient (Wildman–Crippen LogP) is 3.54. The zero-order valence-electron chi connectivity index (χ0n) is 14.2. The molecule has 0 saturated heterocycles. The topological polar surface area (TPSA) is 72.3 Å². The molecule has 130 valence electrons. The average molecular weight is 348 g/mol. The number of rotatable bonds is 5. The van der Waals surface area contributed by atoms with Crippen molar-refractivity contribution in [1.29, 1.82) is 0 Å². The fourth-order valence-corrected chi connectivity index (χ4v) is 3.06. The molecule has 0 radical (unpaired) electrons. The highest BCUT2D eigenvalue weighted by molar-refractivity contribution is 5.71. The number of aryl methyl sites for hydroxylation is 2. The molecule has 0 bridgehead atoms. The van der Waals surface area contributed by atoms with Crippen molar-refractivity contribution >= 4 is 0 Å². The Morgan fingerprint density at radius 3 is 2.54 bits per heavy atom. The zero-order valence-corrected chi connectivity index (χ0v) is 14.2. The lowest BCUT2D eigenvalue weighted by Gasteiger charge is -2.13. The third kappa shape index (κ3) is 2.99. The Balaban J connectivity index is 1.72. The van der Waals surface area contributed by atoms with Crippen LogP contribution in [0.3, 0.4) is 0 Å². The summed E-state index contributed by atoms with van der Waals surface area (Å²) in [6.07, 6.45) is 4.03. The fraction of sp³-hybridized carbons (Fsp3) is 0.158. The van der Waals surface area contributed by atoms with E-state index in [1.54, 1.807) is 6.20 Å². The van der Waals surface area contributed by atoms with Gasteiger partial charge in [0.1, 0.15) is 5.82 Å². The maximum absolute atomic E-state index is 13.1. The second-order valence-electron chi connectivity index (χ2n) is 5.95. The Labute approximate surface area is 149 Å². The molecule has 0 spiro atoms. The average Bonchev–Trinajstić information content (AvgIpc) is 3.34. The van der Waals surface area contributed by atoms with E-state index in [1.165, 1.54) is 0 Å². The smallest absolute Gasteiger partial charge is 0.179 e. The van der Waals surface area contributed by atoms with Gasteiger partial charge in [-0.2, -0.15) is 0 Å². The standard InChI is InChI=1S/C19H17FN6/c1-13-21-10-11-26(13)17-6-7-18(16(12-17)8-9-20)14-2-4-15(5-3-14)19-22-24-25-23-19/h2-7,10-12H,8-9H2,1H3,(H,22,23,24,25). The lowest BCUT2D eigenvalue weighted by atomic mass is 9.96. The van der Waals surface area contributed by atoms with E-state index in [1.807, 2.05) is 60.2 Å². The summed E-state index contributed by atoms with van der Waals surface area (Å²) in [5.74, 6) is 1.51. The van der Waals surface area contributed by atoms with Crippen LogP contribution in [0.4, 0.5) is 4.39 Å². The Morgan fingerprint density at radius 2 is 1.88 bits per heavy atom. The van der Waals surface area contributed by atoms with E-state index in [0.717, 1.165) is 33.8 Å². The number of H-pyrrole nitrogens is 1. The summed E-state index contributed by atoms with van der Waals surface area (Å²) in [7, 11) is 0. The molecule has 4 rings (SSSR count). The van der Waals surface area contributed by atoms with E-state index in [-0.39, 0.29) is 0 Å². The fourth-order valence-electron chi connectivity index (χ4n) is 3.06. The van der Waals surface area contributed by atoms with Crippen LogP contribution in [0.2, 0.25) is 0 Å². The van der Waals surface area contributed by atoms with Crippen LogP contribution in [-0.2, 0) is 6.42 Å². The van der Waals surface area contributed by atoms with Crippen LogP contribution in [0.15, 0.2) is 54.9 Å². The number of nitrogens with one attached hydrogen (secondary N) is 1. The van der Waals surface area contributed by atoms with Crippen molar-refractivity contribution < 1.29 is 4.39 Å². The van der Waals surface area contributed by atoms with Gasteiger partial charge in [0.2, 0.25) is 0 Å². The van der Waals surface area contributed by atoms with Crippen molar-refractivity contribution in [3.8, 4) is 28.2 Å². The molecule has 7 heteroatoms. The molecule has 6 nitrogen and oxygen atoms in total. The van der Waals surface area contributed by atoms with Crippen molar-refractivity contribution in [2.45, 2.75) is 13.3 Å². The number of hydrogen-bond donors (Lipinski definition) is 1. The molecule has 0 atom stereocenters. The number of nitrogens with zero attached hydrogens (tertiary/aromatic N) is 5. The summed E-state index contributed by atoms with van der Waals surface area (Å²) < 4.78 is 15.1. The van der Waals surface area contributed by atoms with Crippen molar-refractivity contribution in [3.63, 3.8) is 0 Å². The largest absolute Gasteiger partial charge is 0.304 e. The minimum Gasteiger partial charge on any atom is -0.304 e. The Kier molecular flexibility index (Phi) is 4.27. The lowest BCUT2D eigenvalue weighted by molar-refractivity contribution is 0.495. The molecule has 0 amide bonds. The van der Waals surface area contributed by atoms with Crippen LogP contribution in [0, 0.1) is 6.92 Å². The van der Waals surface area contributed by atoms with E-state index in [9.17, 15) is 4.39 Å². The SMILES string of the molecule is Cc1nccn1-c1ccc(-c2ccc(-c3nnn[nH]3)cc2)c(CCF)c1. The second kappa shape index (κ2) is 6.87. The Morgan fingerprint density at radius 1 is 1.08 bits per heavy atom. The van der Waals surface area contributed by atoms with Crippen LogP contribution in [0.25, 0.3) is 28.2 Å². The van der Waals surface area contributed by atoms with Gasteiger partial charge < -0.3 is 4.57 Å². The summed E-state index contributed by atoms with van der Waals surface area (Å²) in [5.41, 5.74) is 4.89. The van der Waals surface area contributed by atoms with Crippen LogP contribution in [0.1, 0.15) is 11.4 Å². The first kappa shape index (κ1) is 16.1. The summed E-state index contributed by atoms with van der Waals surface area (Å²) in [6, 6.07) is 14.0. The normalized spacial score (nSPS) is 11.0. The molecule has 1 N–H and O–H groups in total. The summed E-state index contributed by atoms with van der Waals surface area (Å²) >= 11 is 0. The molecule has 0 aliphatic rings. The van der Waals surface area contributed by atoms with Crippen LogP contribution < -0.4 is 0 Å². The van der Waals surface area contributed by atoms with E-state index in [0.29, 0.717) is 12.2 Å². The quantitative estimate of drug-likeness (QED) is 0.599. The molecule has 0 fully saturated rings. The number of aromatic nitrogens is 6. The molecule has 0 unspecified atom stereocenters. The first-order chi connectivity index (χ1) is 12.8. The highest BCUT2D eigenvalue weighted by Crippen LogP contribution is 2.28. The molecule has 0 aliphatic carbocycles. The number of benzene rings is 2. The molecular formula is C19H17FN6. The Hall–Kier alpha value is -3.35. The van der Waals surface area contributed by atoms with Gasteiger partial charge in [-0.15, -0.1) is 5.10 Å². The van der Waals surface area contributed by atoms with Crippen molar-refractivity contribution in [2.75, 3.05) is 6.67 Å². The molecule has 2 aromatic carbocycles. The molecular weight excluding hydrogens is 331 g/mol. The maximum atomic E-state index is 13.1. The summed E-state index contributed by atoms with van der Waals surface area (Å²) in [4.78, 5) is 4.25. The highest BCUT2D eigenvalue weighted by atomic mass is 19.1. The molecule has 2 aromatic heterocycles. The number of tetrazole rings is 1. The van der Waals surface area contributed by atoms with Gasteiger partial charge >= 0.3 is 0 Å². The third-order valence-electron chi connectivity index (χ3n) is 4.37. The predicted molar refractivity (Wildman–Crippen MR) is 96.6 cm³/mol. The van der Waals surface area contributed by atoms with Crippen LogP contribution in [0.5, 0.6) is 0 Å². The number of aromatic amines is 1. The number of imidazole rings is 1. The van der Waals surface area contributed by atoms with E-state index in [2.05, 4.69) is 25.6 Å². The maximum Gasteiger partial charge on any atom is 0.179 e. The van der Waals surface area contributed by atoms with Gasteiger partial charge in [-0.1, -0.05) is 30.3 Å². The number of halogens is 1. The molecule has 0 saturated carbocycles. The second-order valence-corrected chi connectivity index (χ2v) is 5.95. The van der Waals surface area contributed by atoms with E-state index < -0.39 is 6.67 Å². The van der Waals surface area contributed by atoms with Crippen molar-refractivity contribution in [1.82, 2.24) is 30.2 Å². The van der Waals surface area contributed by atoms with E-state index >= 15 is 0 Å². The van der Waals surface area contributed by atoms with Crippen LogP contribution in [-0.4, -0.2) is 36.8 Å². The third-order valence-corrected chi connectivity index (χ3v) is 4.37. The van der Waals surface area contributed by atoms with Gasteiger partial charge in [-0.05, 0) is 46.2 Å². The van der Waals surface area contributed by atoms with Gasteiger partial charge in [-0.25, -0.2) is 10.1 Å². The minimum atomic E-state index is -0.402. The first-order valence-corrected chi connectivity index (χ1v) is 8.30. The van der Waals surface area contributed by atoms with Gasteiger partial charge in [0.15, 0.2) is 5.82 Å². The lowest BCUT2D eigenvalue weighted by Crippen LogP contribution is -1.99. The molecule has 2 heterocycles. The van der Waals surface area contributed by atoms with Gasteiger partial charge in [0.05, 0.1) is 6.67 Å². The van der Waals surface area contributed by atoms with Crippen LogP contribution >= 0.6 is 0 Å². The van der Waals surface area contributed by atoms with Gasteiger partial charge in [0.25, 0.3) is 0 Å². The Bertz CT molecular complexity index is 1000. The van der Waals surface area contributed by atoms with E-state index in [4.69, 9.17) is 0 Å². The van der Waals surface area contributed by atoms with Crippen molar-refractivity contribution in [2.24, 2.45) is 0 Å². The molecule has 4 aromatic rings. The zero-order chi connectivity index (χ0) is 17.9. The molecule has 26 heavy (non-hydrogen) atoms. The minimum absolute atomic E-state index is 0.366. The first-order valence-electron chi connectivity index (χ1n) is 8.30. The highest BCUT2D eigenvalue weighted by Gasteiger charge is 2.10. The number of alkyl halides is 1. The summed E-state index contributed by atoms with van der Waals surface area (Å²) in [6.45, 7) is 1.54. The molecule has 0 aliphatic heterocycles. The summed E-state index contributed by atoms with van der Waals surface area (Å²) in [5, 5.41) is 13.8. The van der Waals surface area contributed by atoms with Gasteiger partial charge in [0, 0.05) is 30.1 Å². The monoisotopic (exact) mass is 348 g/mol.